The maximum atomic E-state index is 13.0. The van der Waals surface area contributed by atoms with Crippen LogP contribution in [0.15, 0.2) is 23.1 Å². The topological polar surface area (TPSA) is 29.1 Å². The average Bonchev–Trinajstić information content (AvgIpc) is 2.86. The summed E-state index contributed by atoms with van der Waals surface area (Å²) >= 11 is 7.12. The summed E-state index contributed by atoms with van der Waals surface area (Å²) in [6, 6.07) is 4.85. The second kappa shape index (κ2) is 6.62. The van der Waals surface area contributed by atoms with E-state index < -0.39 is 5.82 Å². The number of hydrogen-bond acceptors (Lipinski definition) is 2. The van der Waals surface area contributed by atoms with Gasteiger partial charge < -0.3 is 5.32 Å². The minimum absolute atomic E-state index is 0.0392. The smallest absolute Gasteiger partial charge is 0.233 e. The predicted octanol–water partition coefficient (Wildman–Crippen LogP) is 4.02. The molecule has 1 aromatic carbocycles. The number of halogens is 2. The van der Waals surface area contributed by atoms with Gasteiger partial charge in [0.25, 0.3) is 0 Å². The first kappa shape index (κ1) is 14.7. The van der Waals surface area contributed by atoms with Crippen LogP contribution in [0.3, 0.4) is 0 Å². The largest absolute Gasteiger partial charge is 0.352 e. The number of benzene rings is 1. The number of carbonyl (C=O) groups excluding carboxylic acids is 1. The monoisotopic (exact) mass is 301 g/mol. The molecule has 1 unspecified atom stereocenters. The Kier molecular flexibility index (Phi) is 5.11. The van der Waals surface area contributed by atoms with Crippen molar-refractivity contribution in [3.8, 4) is 0 Å². The highest BCUT2D eigenvalue weighted by Gasteiger charge is 2.21. The van der Waals surface area contributed by atoms with Crippen molar-refractivity contribution in [2.75, 3.05) is 0 Å². The molecule has 1 N–H and O–H groups in total. The Morgan fingerprint density at radius 1 is 1.47 bits per heavy atom. The molecule has 1 saturated carbocycles. The van der Waals surface area contributed by atoms with E-state index in [9.17, 15) is 9.18 Å². The minimum Gasteiger partial charge on any atom is -0.352 e. The number of carbonyl (C=O) groups is 1. The predicted molar refractivity (Wildman–Crippen MR) is 77.1 cm³/mol. The third-order valence-electron chi connectivity index (χ3n) is 3.27. The summed E-state index contributed by atoms with van der Waals surface area (Å²) < 4.78 is 13.0. The van der Waals surface area contributed by atoms with Gasteiger partial charge in [0.1, 0.15) is 5.82 Å². The Hall–Kier alpha value is -0.740. The van der Waals surface area contributed by atoms with Gasteiger partial charge in [-0.3, -0.25) is 4.79 Å². The number of rotatable bonds is 4. The molecule has 0 aromatic heterocycles. The molecular weight excluding hydrogens is 285 g/mol. The Labute approximate surface area is 122 Å². The second-order valence-electron chi connectivity index (χ2n) is 4.83. The van der Waals surface area contributed by atoms with E-state index in [4.69, 9.17) is 11.6 Å². The third kappa shape index (κ3) is 4.11. The van der Waals surface area contributed by atoms with Gasteiger partial charge >= 0.3 is 0 Å². The van der Waals surface area contributed by atoms with Gasteiger partial charge in [-0.1, -0.05) is 24.4 Å². The van der Waals surface area contributed by atoms with E-state index in [1.807, 2.05) is 6.92 Å². The van der Waals surface area contributed by atoms with Crippen molar-refractivity contribution in [3.63, 3.8) is 0 Å². The standard InChI is InChI=1S/C14H17ClFNOS/c1-9(14(18)17-10-4-2-3-5-10)19-11-6-7-13(16)12(15)8-11/h6-10H,2-5H2,1H3,(H,17,18). The highest BCUT2D eigenvalue weighted by molar-refractivity contribution is 8.00. The van der Waals surface area contributed by atoms with Gasteiger partial charge in [0.05, 0.1) is 10.3 Å². The van der Waals surface area contributed by atoms with Gasteiger partial charge in [0, 0.05) is 10.9 Å². The summed E-state index contributed by atoms with van der Waals surface area (Å²) in [6.45, 7) is 1.85. The Balaban J connectivity index is 1.90. The number of thioether (sulfide) groups is 1. The normalized spacial score (nSPS) is 17.4. The molecule has 0 heterocycles. The molecule has 1 fully saturated rings. The maximum absolute atomic E-state index is 13.0. The summed E-state index contributed by atoms with van der Waals surface area (Å²) in [6.07, 6.45) is 4.54. The molecule has 0 aliphatic heterocycles. The van der Waals surface area contributed by atoms with Crippen LogP contribution in [0.2, 0.25) is 5.02 Å². The molecule has 0 radical (unpaired) electrons. The van der Waals surface area contributed by atoms with Gasteiger partial charge in [-0.2, -0.15) is 0 Å². The lowest BCUT2D eigenvalue weighted by Gasteiger charge is -2.16. The van der Waals surface area contributed by atoms with E-state index in [0.29, 0.717) is 6.04 Å². The van der Waals surface area contributed by atoms with Gasteiger partial charge in [0.2, 0.25) is 5.91 Å². The van der Waals surface area contributed by atoms with Crippen LogP contribution in [0.1, 0.15) is 32.6 Å². The van der Waals surface area contributed by atoms with E-state index in [0.717, 1.165) is 17.7 Å². The highest BCUT2D eigenvalue weighted by Crippen LogP contribution is 2.28. The van der Waals surface area contributed by atoms with Crippen molar-refractivity contribution in [1.82, 2.24) is 5.32 Å². The van der Waals surface area contributed by atoms with Crippen molar-refractivity contribution in [1.29, 1.82) is 0 Å². The molecule has 2 rings (SSSR count). The summed E-state index contributed by atoms with van der Waals surface area (Å²) in [5.74, 6) is -0.397. The third-order valence-corrected chi connectivity index (χ3v) is 4.66. The molecule has 0 bridgehead atoms. The molecule has 1 atom stereocenters. The zero-order valence-corrected chi connectivity index (χ0v) is 12.4. The number of hydrogen-bond donors (Lipinski definition) is 1. The quantitative estimate of drug-likeness (QED) is 0.851. The van der Waals surface area contributed by atoms with E-state index in [1.165, 1.54) is 30.7 Å². The molecule has 1 aliphatic carbocycles. The molecule has 19 heavy (non-hydrogen) atoms. The summed E-state index contributed by atoms with van der Waals surface area (Å²) in [5, 5.41) is 2.94. The van der Waals surface area contributed by atoms with Crippen LogP contribution < -0.4 is 5.32 Å². The Morgan fingerprint density at radius 2 is 2.16 bits per heavy atom. The van der Waals surface area contributed by atoms with Crippen LogP contribution in [-0.4, -0.2) is 17.2 Å². The first-order valence-electron chi connectivity index (χ1n) is 6.48. The highest BCUT2D eigenvalue weighted by atomic mass is 35.5. The van der Waals surface area contributed by atoms with Crippen LogP contribution in [0.5, 0.6) is 0 Å². The molecule has 0 saturated heterocycles. The summed E-state index contributed by atoms with van der Waals surface area (Å²) in [5.41, 5.74) is 0. The molecule has 2 nitrogen and oxygen atoms in total. The fourth-order valence-corrected chi connectivity index (χ4v) is 3.36. The second-order valence-corrected chi connectivity index (χ2v) is 6.65. The van der Waals surface area contributed by atoms with Crippen molar-refractivity contribution in [2.45, 2.75) is 48.8 Å². The summed E-state index contributed by atoms with van der Waals surface area (Å²) in [4.78, 5) is 12.8. The lowest BCUT2D eigenvalue weighted by atomic mass is 10.2. The molecule has 104 valence electrons. The van der Waals surface area contributed by atoms with Crippen molar-refractivity contribution in [2.24, 2.45) is 0 Å². The fraction of sp³-hybridized carbons (Fsp3) is 0.500. The molecule has 1 aromatic rings. The molecular formula is C14H17ClFNOS. The van der Waals surface area contributed by atoms with Gasteiger partial charge in [-0.05, 0) is 38.0 Å². The lowest BCUT2D eigenvalue weighted by Crippen LogP contribution is -2.37. The molecule has 1 amide bonds. The van der Waals surface area contributed by atoms with E-state index >= 15 is 0 Å². The van der Waals surface area contributed by atoms with Gasteiger partial charge in [-0.15, -0.1) is 11.8 Å². The average molecular weight is 302 g/mol. The molecule has 1 aliphatic rings. The van der Waals surface area contributed by atoms with Crippen LogP contribution >= 0.6 is 23.4 Å². The number of amides is 1. The van der Waals surface area contributed by atoms with E-state index in [-0.39, 0.29) is 16.2 Å². The first-order valence-corrected chi connectivity index (χ1v) is 7.74. The Bertz CT molecular complexity index is 463. The van der Waals surface area contributed by atoms with E-state index in [2.05, 4.69) is 5.32 Å². The molecule has 0 spiro atoms. The fourth-order valence-electron chi connectivity index (χ4n) is 2.20. The zero-order chi connectivity index (χ0) is 13.8. The minimum atomic E-state index is -0.436. The SMILES string of the molecule is CC(Sc1ccc(F)c(Cl)c1)C(=O)NC1CCCC1. The maximum Gasteiger partial charge on any atom is 0.233 e. The zero-order valence-electron chi connectivity index (χ0n) is 10.8. The molecule has 5 heteroatoms. The lowest BCUT2D eigenvalue weighted by molar-refractivity contribution is -0.120. The van der Waals surface area contributed by atoms with Crippen LogP contribution in [-0.2, 0) is 4.79 Å². The first-order chi connectivity index (χ1) is 9.06. The van der Waals surface area contributed by atoms with Crippen molar-refractivity contribution >= 4 is 29.3 Å². The van der Waals surface area contributed by atoms with Gasteiger partial charge in [-0.25, -0.2) is 4.39 Å². The van der Waals surface area contributed by atoms with Crippen LogP contribution in [0.25, 0.3) is 0 Å². The van der Waals surface area contributed by atoms with Crippen molar-refractivity contribution in [3.05, 3.63) is 29.0 Å². The number of nitrogens with one attached hydrogen (secondary N) is 1. The van der Waals surface area contributed by atoms with Crippen LogP contribution in [0.4, 0.5) is 4.39 Å². The summed E-state index contributed by atoms with van der Waals surface area (Å²) in [7, 11) is 0. The van der Waals surface area contributed by atoms with Crippen LogP contribution in [0, 0.1) is 5.82 Å². The van der Waals surface area contributed by atoms with Crippen molar-refractivity contribution < 1.29 is 9.18 Å². The Morgan fingerprint density at radius 3 is 2.79 bits per heavy atom. The van der Waals surface area contributed by atoms with E-state index in [1.54, 1.807) is 12.1 Å². The van der Waals surface area contributed by atoms with Gasteiger partial charge in [0.15, 0.2) is 0 Å².